The summed E-state index contributed by atoms with van der Waals surface area (Å²) in [6, 6.07) is 0. The largest absolute Gasteiger partial charge is 0.444 e. The van der Waals surface area contributed by atoms with Crippen LogP contribution in [0.3, 0.4) is 0 Å². The highest BCUT2D eigenvalue weighted by Gasteiger charge is 2.15. The second kappa shape index (κ2) is 13.1. The summed E-state index contributed by atoms with van der Waals surface area (Å²) >= 11 is 1.67. The average Bonchev–Trinajstić information content (AvgIpc) is 2.90. The van der Waals surface area contributed by atoms with E-state index in [0.29, 0.717) is 13.1 Å². The number of hydrogen-bond donors (Lipinski definition) is 3. The van der Waals surface area contributed by atoms with Gasteiger partial charge in [0.1, 0.15) is 5.60 Å². The fourth-order valence-corrected chi connectivity index (χ4v) is 2.60. The van der Waals surface area contributed by atoms with Crippen molar-refractivity contribution in [3.05, 3.63) is 16.1 Å². The fourth-order valence-electron chi connectivity index (χ4n) is 1.95. The average molecular weight is 497 g/mol. The molecule has 0 atom stereocenters. The number of aromatic nitrogens is 1. The van der Waals surface area contributed by atoms with Crippen molar-refractivity contribution in [3.8, 4) is 0 Å². The van der Waals surface area contributed by atoms with E-state index >= 15 is 0 Å². The molecule has 0 unspecified atom stereocenters. The summed E-state index contributed by atoms with van der Waals surface area (Å²) in [6.45, 7) is 12.3. The molecule has 0 aliphatic rings. The van der Waals surface area contributed by atoms with Crippen molar-refractivity contribution in [3.63, 3.8) is 0 Å². The third kappa shape index (κ3) is 12.3. The number of halogens is 1. The summed E-state index contributed by atoms with van der Waals surface area (Å²) in [5.41, 5.74) is 0.632. The summed E-state index contributed by atoms with van der Waals surface area (Å²) in [5, 5.41) is 12.4. The maximum absolute atomic E-state index is 11.5. The van der Waals surface area contributed by atoms with Gasteiger partial charge in [-0.3, -0.25) is 4.99 Å². The molecule has 0 aromatic carbocycles. The van der Waals surface area contributed by atoms with E-state index in [-0.39, 0.29) is 30.1 Å². The molecule has 1 aromatic rings. The number of carbonyl (C=O) groups is 1. The van der Waals surface area contributed by atoms with Gasteiger partial charge in [-0.15, -0.1) is 35.3 Å². The molecular weight excluding hydrogens is 465 g/mol. The number of aliphatic imine (C=N–C) groups is 1. The van der Waals surface area contributed by atoms with Crippen LogP contribution in [0.15, 0.2) is 10.4 Å². The van der Waals surface area contributed by atoms with Crippen molar-refractivity contribution < 1.29 is 9.53 Å². The lowest BCUT2D eigenvalue weighted by Gasteiger charge is -2.19. The predicted molar refractivity (Wildman–Crippen MR) is 119 cm³/mol. The first-order valence-electron chi connectivity index (χ1n) is 8.70. The van der Waals surface area contributed by atoms with Crippen molar-refractivity contribution in [1.29, 1.82) is 0 Å². The molecule has 1 rings (SSSR count). The van der Waals surface area contributed by atoms with Crippen LogP contribution in [0.4, 0.5) is 4.79 Å². The van der Waals surface area contributed by atoms with Crippen LogP contribution < -0.4 is 16.0 Å². The van der Waals surface area contributed by atoms with Gasteiger partial charge in [-0.05, 0) is 41.0 Å². The van der Waals surface area contributed by atoms with Gasteiger partial charge < -0.3 is 20.7 Å². The minimum Gasteiger partial charge on any atom is -0.444 e. The maximum Gasteiger partial charge on any atom is 0.407 e. The first-order valence-corrected chi connectivity index (χ1v) is 9.58. The summed E-state index contributed by atoms with van der Waals surface area (Å²) in [7, 11) is 0. The van der Waals surface area contributed by atoms with Crippen LogP contribution in [0.5, 0.6) is 0 Å². The Labute approximate surface area is 177 Å². The number of thiazole rings is 1. The van der Waals surface area contributed by atoms with Crippen LogP contribution in [0, 0.1) is 6.92 Å². The molecule has 3 N–H and O–H groups in total. The lowest BCUT2D eigenvalue weighted by atomic mass is 10.2. The number of alkyl carbamates (subject to hydrolysis) is 1. The van der Waals surface area contributed by atoms with E-state index in [4.69, 9.17) is 4.74 Å². The zero-order valence-electron chi connectivity index (χ0n) is 16.3. The van der Waals surface area contributed by atoms with Crippen LogP contribution in [-0.4, -0.2) is 48.8 Å². The molecule has 1 aromatic heterocycles. The summed E-state index contributed by atoms with van der Waals surface area (Å²) in [6.07, 6.45) is 1.23. The Morgan fingerprint density at radius 2 is 2.00 bits per heavy atom. The third-order valence-electron chi connectivity index (χ3n) is 2.96. The van der Waals surface area contributed by atoms with Crippen molar-refractivity contribution in [2.45, 2.75) is 53.1 Å². The smallest absolute Gasteiger partial charge is 0.407 e. The minimum atomic E-state index is -0.472. The summed E-state index contributed by atoms with van der Waals surface area (Å²) < 4.78 is 5.19. The van der Waals surface area contributed by atoms with Crippen molar-refractivity contribution in [2.75, 3.05) is 26.2 Å². The van der Waals surface area contributed by atoms with Crippen LogP contribution in [0.1, 0.15) is 44.8 Å². The number of hydrogen-bond acceptors (Lipinski definition) is 5. The van der Waals surface area contributed by atoms with Gasteiger partial charge in [0.2, 0.25) is 0 Å². The predicted octanol–water partition coefficient (Wildman–Crippen LogP) is 3.08. The molecule has 0 spiro atoms. The molecule has 1 amide bonds. The lowest BCUT2D eigenvalue weighted by molar-refractivity contribution is 0.0527. The molecule has 1 heterocycles. The van der Waals surface area contributed by atoms with E-state index in [9.17, 15) is 4.79 Å². The topological polar surface area (TPSA) is 87.6 Å². The highest BCUT2D eigenvalue weighted by atomic mass is 127. The van der Waals surface area contributed by atoms with Gasteiger partial charge >= 0.3 is 6.09 Å². The third-order valence-corrected chi connectivity index (χ3v) is 3.78. The molecule has 0 radical (unpaired) electrons. The van der Waals surface area contributed by atoms with E-state index in [1.807, 2.05) is 34.6 Å². The minimum absolute atomic E-state index is 0. The van der Waals surface area contributed by atoms with Crippen LogP contribution in [0.2, 0.25) is 0 Å². The molecule has 0 saturated carbocycles. The number of carbonyl (C=O) groups excluding carboxylic acids is 1. The molecule has 0 saturated heterocycles. The molecule has 9 heteroatoms. The Balaban J connectivity index is 0.00000625. The van der Waals surface area contributed by atoms with Crippen molar-refractivity contribution in [2.24, 2.45) is 4.99 Å². The number of nitrogens with one attached hydrogen (secondary N) is 3. The van der Waals surface area contributed by atoms with Crippen molar-refractivity contribution >= 4 is 47.4 Å². The monoisotopic (exact) mass is 497 g/mol. The molecule has 7 nitrogen and oxygen atoms in total. The highest BCUT2D eigenvalue weighted by Crippen LogP contribution is 2.07. The van der Waals surface area contributed by atoms with Gasteiger partial charge in [-0.25, -0.2) is 9.78 Å². The van der Waals surface area contributed by atoms with E-state index in [1.54, 1.807) is 11.3 Å². The molecule has 0 bridgehead atoms. The lowest BCUT2D eigenvalue weighted by Crippen LogP contribution is -2.38. The second-order valence-electron chi connectivity index (χ2n) is 6.58. The standard InChI is InChI=1S/C17H31N5O2S.HI/c1-6-18-15(20-11-8-14-12-25-13(2)22-14)19-9-7-10-21-16(23)24-17(3,4)5;/h12H,6-11H2,1-5H3,(H,21,23)(H2,18,19,20);1H. The summed E-state index contributed by atoms with van der Waals surface area (Å²) in [5.74, 6) is 0.784. The zero-order chi connectivity index (χ0) is 18.7. The van der Waals surface area contributed by atoms with E-state index in [1.165, 1.54) is 0 Å². The molecule has 0 fully saturated rings. The second-order valence-corrected chi connectivity index (χ2v) is 7.64. The molecule has 0 aliphatic heterocycles. The number of guanidine groups is 1. The quantitative estimate of drug-likeness (QED) is 0.223. The molecule has 26 heavy (non-hydrogen) atoms. The SMILES string of the molecule is CCNC(=NCCCNC(=O)OC(C)(C)C)NCCc1csc(C)n1.I. The first-order chi connectivity index (χ1) is 11.8. The number of aryl methyl sites for hydroxylation is 1. The van der Waals surface area contributed by atoms with E-state index < -0.39 is 5.60 Å². The number of nitrogens with zero attached hydrogens (tertiary/aromatic N) is 2. The fraction of sp³-hybridized carbons (Fsp3) is 0.706. The number of rotatable bonds is 8. The Hall–Kier alpha value is -1.10. The Morgan fingerprint density at radius 3 is 2.58 bits per heavy atom. The first kappa shape index (κ1) is 24.9. The molecule has 150 valence electrons. The normalized spacial score (nSPS) is 11.5. The number of ether oxygens (including phenoxy) is 1. The van der Waals surface area contributed by atoms with Gasteiger partial charge in [-0.1, -0.05) is 0 Å². The van der Waals surface area contributed by atoms with Gasteiger partial charge in [-0.2, -0.15) is 0 Å². The van der Waals surface area contributed by atoms with Crippen LogP contribution >= 0.6 is 35.3 Å². The van der Waals surface area contributed by atoms with Crippen LogP contribution in [-0.2, 0) is 11.2 Å². The molecular formula is C17H32IN5O2S. The molecule has 0 aliphatic carbocycles. The van der Waals surface area contributed by atoms with Crippen molar-refractivity contribution in [1.82, 2.24) is 20.9 Å². The zero-order valence-corrected chi connectivity index (χ0v) is 19.5. The van der Waals surface area contributed by atoms with Gasteiger partial charge in [0.15, 0.2) is 5.96 Å². The Kier molecular flexibility index (Phi) is 12.6. The van der Waals surface area contributed by atoms with Gasteiger partial charge in [0.25, 0.3) is 0 Å². The summed E-state index contributed by atoms with van der Waals surface area (Å²) in [4.78, 5) is 20.5. The number of amides is 1. The van der Waals surface area contributed by atoms with Gasteiger partial charge in [0.05, 0.1) is 10.7 Å². The van der Waals surface area contributed by atoms with Crippen LogP contribution in [0.25, 0.3) is 0 Å². The Morgan fingerprint density at radius 1 is 1.27 bits per heavy atom. The maximum atomic E-state index is 11.5. The Bertz CT molecular complexity index is 558. The van der Waals surface area contributed by atoms with E-state index in [2.05, 4.69) is 31.3 Å². The van der Waals surface area contributed by atoms with Gasteiger partial charge in [0, 0.05) is 38.0 Å². The highest BCUT2D eigenvalue weighted by molar-refractivity contribution is 14.0. The van der Waals surface area contributed by atoms with E-state index in [0.717, 1.165) is 42.6 Å².